The van der Waals surface area contributed by atoms with Gasteiger partial charge in [0.05, 0.1) is 12.7 Å². The maximum atomic E-state index is 6.21. The molecular weight excluding hydrogens is 282 g/mol. The number of allylic oxidation sites excluding steroid dienone is 1. The third-order valence-electron chi connectivity index (χ3n) is 6.75. The van der Waals surface area contributed by atoms with Crippen LogP contribution in [-0.2, 0) is 4.74 Å². The molecule has 0 N–H and O–H groups in total. The minimum absolute atomic E-state index is 0.460. The van der Waals surface area contributed by atoms with E-state index in [1.165, 1.54) is 57.9 Å². The monoisotopic (exact) mass is 321 g/mol. The van der Waals surface area contributed by atoms with Gasteiger partial charge >= 0.3 is 0 Å². The smallest absolute Gasteiger partial charge is 0.0613 e. The molecule has 0 spiro atoms. The van der Waals surface area contributed by atoms with Crippen LogP contribution in [0.3, 0.4) is 0 Å². The van der Waals surface area contributed by atoms with Crippen molar-refractivity contribution in [2.45, 2.75) is 97.6 Å². The molecule has 0 aromatic rings. The summed E-state index contributed by atoms with van der Waals surface area (Å²) in [5.74, 6) is 0. The van der Waals surface area contributed by atoms with Gasteiger partial charge in [-0.25, -0.2) is 0 Å². The Bertz CT molecular complexity index is 364. The second kappa shape index (κ2) is 9.22. The highest BCUT2D eigenvalue weighted by molar-refractivity contribution is 5.17. The molecule has 1 aliphatic heterocycles. The molecule has 0 aromatic carbocycles. The van der Waals surface area contributed by atoms with Gasteiger partial charge < -0.3 is 4.74 Å². The molecule has 1 heterocycles. The predicted octanol–water partition coefficient (Wildman–Crippen LogP) is 5.57. The van der Waals surface area contributed by atoms with E-state index in [9.17, 15) is 0 Å². The molecule has 0 saturated carbocycles. The number of rotatable bonds is 8. The number of likely N-dealkylation sites (tertiary alicyclic amines) is 1. The first-order valence-electron chi connectivity index (χ1n) is 10.2. The quantitative estimate of drug-likeness (QED) is 0.542. The number of ether oxygens (including phenoxy) is 1. The second-order valence-corrected chi connectivity index (χ2v) is 7.72. The predicted molar refractivity (Wildman–Crippen MR) is 99.9 cm³/mol. The molecule has 2 nitrogen and oxygen atoms in total. The zero-order valence-electron chi connectivity index (χ0n) is 16.1. The van der Waals surface area contributed by atoms with Crippen LogP contribution in [0.4, 0.5) is 0 Å². The van der Waals surface area contributed by atoms with Crippen LogP contribution in [0.25, 0.3) is 0 Å². The first-order valence-corrected chi connectivity index (χ1v) is 10.2. The molecule has 2 rings (SSSR count). The third-order valence-corrected chi connectivity index (χ3v) is 6.75. The van der Waals surface area contributed by atoms with Gasteiger partial charge in [-0.15, -0.1) is 0 Å². The number of nitrogens with zero attached hydrogens (tertiary/aromatic N) is 1. The van der Waals surface area contributed by atoms with E-state index in [4.69, 9.17) is 4.74 Å². The zero-order chi connectivity index (χ0) is 16.7. The van der Waals surface area contributed by atoms with Gasteiger partial charge in [0.2, 0.25) is 0 Å². The highest BCUT2D eigenvalue weighted by Gasteiger charge is 2.30. The van der Waals surface area contributed by atoms with E-state index in [1.807, 2.05) is 0 Å². The summed E-state index contributed by atoms with van der Waals surface area (Å²) in [5, 5.41) is 0. The molecule has 2 aliphatic rings. The second-order valence-electron chi connectivity index (χ2n) is 7.72. The van der Waals surface area contributed by atoms with Crippen molar-refractivity contribution in [3.63, 3.8) is 0 Å². The summed E-state index contributed by atoms with van der Waals surface area (Å²) < 4.78 is 6.21. The normalized spacial score (nSPS) is 27.0. The Morgan fingerprint density at radius 3 is 2.43 bits per heavy atom. The van der Waals surface area contributed by atoms with Crippen molar-refractivity contribution in [1.29, 1.82) is 0 Å². The van der Waals surface area contributed by atoms with E-state index in [0.29, 0.717) is 11.5 Å². The van der Waals surface area contributed by atoms with Gasteiger partial charge in [-0.2, -0.15) is 0 Å². The Morgan fingerprint density at radius 2 is 1.87 bits per heavy atom. The van der Waals surface area contributed by atoms with Gasteiger partial charge in [0, 0.05) is 12.6 Å². The molecule has 2 atom stereocenters. The molecule has 0 radical (unpaired) electrons. The van der Waals surface area contributed by atoms with Crippen LogP contribution in [0.2, 0.25) is 0 Å². The summed E-state index contributed by atoms with van der Waals surface area (Å²) in [5.41, 5.74) is 2.18. The van der Waals surface area contributed by atoms with Gasteiger partial charge in [-0.1, -0.05) is 38.8 Å². The van der Waals surface area contributed by atoms with Crippen molar-refractivity contribution >= 4 is 0 Å². The molecule has 134 valence electrons. The molecule has 0 amide bonds. The fraction of sp³-hybridized carbons (Fsp3) is 0.905. The Hall–Kier alpha value is -0.340. The summed E-state index contributed by atoms with van der Waals surface area (Å²) in [6.45, 7) is 12.7. The van der Waals surface area contributed by atoms with Crippen LogP contribution < -0.4 is 0 Å². The van der Waals surface area contributed by atoms with Crippen molar-refractivity contribution in [3.8, 4) is 0 Å². The highest BCUT2D eigenvalue weighted by atomic mass is 16.5. The number of hydrogen-bond acceptors (Lipinski definition) is 2. The molecule has 0 aromatic heterocycles. The Labute approximate surface area is 144 Å². The summed E-state index contributed by atoms with van der Waals surface area (Å²) in [6.07, 6.45) is 14.6. The summed E-state index contributed by atoms with van der Waals surface area (Å²) in [6, 6.07) is 0.754. The van der Waals surface area contributed by atoms with E-state index in [-0.39, 0.29) is 0 Å². The Balaban J connectivity index is 1.75. The summed E-state index contributed by atoms with van der Waals surface area (Å²) in [7, 11) is 0. The fourth-order valence-corrected chi connectivity index (χ4v) is 4.70. The molecule has 1 saturated heterocycles. The van der Waals surface area contributed by atoms with E-state index in [2.05, 4.69) is 38.7 Å². The van der Waals surface area contributed by atoms with Crippen LogP contribution >= 0.6 is 0 Å². The molecular formula is C21H39NO. The highest BCUT2D eigenvalue weighted by Crippen LogP contribution is 2.43. The van der Waals surface area contributed by atoms with E-state index in [1.54, 1.807) is 5.57 Å². The average Bonchev–Trinajstić information content (AvgIpc) is 2.60. The molecule has 23 heavy (non-hydrogen) atoms. The Kier molecular flexibility index (Phi) is 7.62. The lowest BCUT2D eigenvalue weighted by molar-refractivity contribution is 0.0190. The minimum atomic E-state index is 0.460. The van der Waals surface area contributed by atoms with Gasteiger partial charge in [0.25, 0.3) is 0 Å². The van der Waals surface area contributed by atoms with Crippen molar-refractivity contribution in [1.82, 2.24) is 4.90 Å². The van der Waals surface area contributed by atoms with E-state index >= 15 is 0 Å². The van der Waals surface area contributed by atoms with Gasteiger partial charge in [0.1, 0.15) is 0 Å². The molecule has 0 bridgehead atoms. The maximum Gasteiger partial charge on any atom is 0.0613 e. The lowest BCUT2D eigenvalue weighted by Gasteiger charge is -2.37. The van der Waals surface area contributed by atoms with Gasteiger partial charge in [0.15, 0.2) is 0 Å². The molecule has 1 fully saturated rings. The minimum Gasteiger partial charge on any atom is -0.377 e. The van der Waals surface area contributed by atoms with Crippen LogP contribution in [0, 0.1) is 5.41 Å². The average molecular weight is 322 g/mol. The first-order chi connectivity index (χ1) is 11.1. The maximum absolute atomic E-state index is 6.21. The van der Waals surface area contributed by atoms with Crippen LogP contribution in [-0.4, -0.2) is 36.7 Å². The third kappa shape index (κ3) is 4.82. The van der Waals surface area contributed by atoms with Crippen molar-refractivity contribution in [2.75, 3.05) is 19.7 Å². The number of piperidine rings is 1. The SMILES string of the molecule is CCC(CC)(CC)C1=CCC(OCCN2CCCCC2C)CC1. The molecule has 2 heteroatoms. The van der Waals surface area contributed by atoms with Gasteiger partial charge in [-0.05, 0) is 70.3 Å². The lowest BCUT2D eigenvalue weighted by atomic mass is 9.70. The number of hydrogen-bond donors (Lipinski definition) is 0. The Morgan fingerprint density at radius 1 is 1.13 bits per heavy atom. The first kappa shape index (κ1) is 19.0. The van der Waals surface area contributed by atoms with Gasteiger partial charge in [-0.3, -0.25) is 4.90 Å². The van der Waals surface area contributed by atoms with E-state index < -0.39 is 0 Å². The van der Waals surface area contributed by atoms with Crippen molar-refractivity contribution < 1.29 is 4.74 Å². The molecule has 1 aliphatic carbocycles. The van der Waals surface area contributed by atoms with Crippen LogP contribution in [0.5, 0.6) is 0 Å². The topological polar surface area (TPSA) is 12.5 Å². The van der Waals surface area contributed by atoms with E-state index in [0.717, 1.165) is 25.6 Å². The fourth-order valence-electron chi connectivity index (χ4n) is 4.70. The summed E-state index contributed by atoms with van der Waals surface area (Å²) in [4.78, 5) is 2.61. The molecule has 2 unspecified atom stereocenters. The van der Waals surface area contributed by atoms with Crippen LogP contribution in [0.1, 0.15) is 85.5 Å². The van der Waals surface area contributed by atoms with Crippen molar-refractivity contribution in [2.24, 2.45) is 5.41 Å². The standard InChI is InChI=1S/C21H39NO/c1-5-21(6-2,7-3)19-11-13-20(14-12-19)23-17-16-22-15-9-8-10-18(22)4/h11,18,20H,5-10,12-17H2,1-4H3. The zero-order valence-corrected chi connectivity index (χ0v) is 16.1. The van der Waals surface area contributed by atoms with Crippen LogP contribution in [0.15, 0.2) is 11.6 Å². The van der Waals surface area contributed by atoms with Crippen molar-refractivity contribution in [3.05, 3.63) is 11.6 Å². The largest absolute Gasteiger partial charge is 0.377 e. The lowest BCUT2D eigenvalue weighted by Crippen LogP contribution is -2.40. The summed E-state index contributed by atoms with van der Waals surface area (Å²) >= 11 is 0.